The molecule has 0 fully saturated rings. The predicted molar refractivity (Wildman–Crippen MR) is 99.6 cm³/mol. The molecule has 0 spiro atoms. The maximum atomic E-state index is 6.10. The van der Waals surface area contributed by atoms with Gasteiger partial charge in [-0.15, -0.1) is 11.8 Å². The summed E-state index contributed by atoms with van der Waals surface area (Å²) in [6, 6.07) is 8.50. The van der Waals surface area contributed by atoms with Gasteiger partial charge in [-0.2, -0.15) is 0 Å². The lowest BCUT2D eigenvalue weighted by Gasteiger charge is -2.28. The third kappa shape index (κ3) is 5.78. The largest absolute Gasteiger partial charge is 0.370 e. The van der Waals surface area contributed by atoms with Crippen molar-refractivity contribution >= 4 is 32.4 Å². The Balaban J connectivity index is 2.59. The lowest BCUT2D eigenvalue weighted by atomic mass is 9.98. The van der Waals surface area contributed by atoms with Gasteiger partial charge in [0.1, 0.15) is 0 Å². The van der Waals surface area contributed by atoms with Crippen molar-refractivity contribution in [2.45, 2.75) is 19.4 Å². The van der Waals surface area contributed by atoms with Gasteiger partial charge in [0, 0.05) is 5.75 Å². The fraction of sp³-hybridized carbons (Fsp3) is 0.353. The average Bonchev–Trinajstić information content (AvgIpc) is 2.50. The highest BCUT2D eigenvalue weighted by Crippen LogP contribution is 2.27. The molecular formula is C17H24NOPS. The normalized spacial score (nSPS) is 12.8. The molecule has 0 heterocycles. The smallest absolute Gasteiger partial charge is 0.0953 e. The first-order valence-corrected chi connectivity index (χ1v) is 9.37. The van der Waals surface area contributed by atoms with E-state index in [9.17, 15) is 0 Å². The van der Waals surface area contributed by atoms with Gasteiger partial charge in [0.25, 0.3) is 0 Å². The summed E-state index contributed by atoms with van der Waals surface area (Å²) in [5, 5.41) is 2.25. The average molecular weight is 321 g/mol. The van der Waals surface area contributed by atoms with Crippen molar-refractivity contribution < 1.29 is 4.74 Å². The van der Waals surface area contributed by atoms with Gasteiger partial charge < -0.3 is 4.74 Å². The molecule has 0 aliphatic carbocycles. The topological polar surface area (TPSA) is 21.6 Å². The maximum absolute atomic E-state index is 6.10. The first-order valence-electron chi connectivity index (χ1n) is 6.88. The molecule has 21 heavy (non-hydrogen) atoms. The number of nitrogens with zero attached hydrogens (tertiary/aromatic N) is 1. The molecule has 1 aromatic rings. The Morgan fingerprint density at radius 3 is 2.76 bits per heavy atom. The van der Waals surface area contributed by atoms with Crippen molar-refractivity contribution in [1.82, 2.24) is 0 Å². The maximum Gasteiger partial charge on any atom is 0.0953 e. The van der Waals surface area contributed by atoms with Gasteiger partial charge in [0.05, 0.1) is 17.2 Å². The van der Waals surface area contributed by atoms with Crippen LogP contribution in [0.1, 0.15) is 19.4 Å². The molecule has 4 heteroatoms. The molecule has 0 saturated carbocycles. The Hall–Kier alpha value is -0.890. The summed E-state index contributed by atoms with van der Waals surface area (Å²) >= 11 is 1.63. The van der Waals surface area contributed by atoms with Gasteiger partial charge >= 0.3 is 0 Å². The molecule has 1 atom stereocenters. The minimum absolute atomic E-state index is 0.274. The van der Waals surface area contributed by atoms with Crippen LogP contribution in [0, 0.1) is 0 Å². The van der Waals surface area contributed by atoms with Gasteiger partial charge in [-0.1, -0.05) is 45.5 Å². The van der Waals surface area contributed by atoms with Gasteiger partial charge in [-0.3, -0.25) is 4.99 Å². The summed E-state index contributed by atoms with van der Waals surface area (Å²) in [7, 11) is 0.775. The van der Waals surface area contributed by atoms with Crippen LogP contribution in [0.3, 0.4) is 0 Å². The van der Waals surface area contributed by atoms with E-state index in [0.717, 1.165) is 19.4 Å². The molecular weight excluding hydrogens is 297 g/mol. The Bertz CT molecular complexity index is 511. The van der Waals surface area contributed by atoms with E-state index in [0.29, 0.717) is 6.61 Å². The van der Waals surface area contributed by atoms with Crippen LogP contribution in [-0.2, 0) is 10.3 Å². The molecule has 114 valence electrons. The summed E-state index contributed by atoms with van der Waals surface area (Å²) in [6.45, 7) is 14.3. The first kappa shape index (κ1) is 18.2. The van der Waals surface area contributed by atoms with Gasteiger partial charge in [0.2, 0.25) is 0 Å². The number of aliphatic imine (C=N–C) groups is 1. The number of allylic oxidation sites excluding steroid dienone is 2. The molecule has 0 aliphatic heterocycles. The van der Waals surface area contributed by atoms with E-state index in [-0.39, 0.29) is 5.60 Å². The van der Waals surface area contributed by atoms with E-state index >= 15 is 0 Å². The highest BCUT2D eigenvalue weighted by Gasteiger charge is 2.23. The van der Waals surface area contributed by atoms with Crippen LogP contribution in [-0.4, -0.2) is 25.7 Å². The fourth-order valence-electron chi connectivity index (χ4n) is 1.99. The number of hydrogen-bond donors (Lipinski definition) is 0. The molecule has 0 N–H and O–H groups in total. The van der Waals surface area contributed by atoms with Crippen molar-refractivity contribution in [1.29, 1.82) is 0 Å². The van der Waals surface area contributed by atoms with E-state index < -0.39 is 0 Å². The minimum Gasteiger partial charge on any atom is -0.370 e. The predicted octanol–water partition coefficient (Wildman–Crippen LogP) is 4.33. The molecule has 0 aromatic heterocycles. The Morgan fingerprint density at radius 1 is 1.43 bits per heavy atom. The third-order valence-electron chi connectivity index (χ3n) is 3.06. The van der Waals surface area contributed by atoms with E-state index in [2.05, 4.69) is 63.1 Å². The Kier molecular flexibility index (Phi) is 7.95. The quantitative estimate of drug-likeness (QED) is 0.292. The number of ether oxygens (including phenoxy) is 1. The van der Waals surface area contributed by atoms with Crippen LogP contribution in [0.4, 0.5) is 0 Å². The number of hydrogen-bond acceptors (Lipinski definition) is 3. The SMILES string of the molecule is C=C/C=C(\N=C)SCCOC(C)(C)c1ccccc1PC. The molecule has 0 radical (unpaired) electrons. The van der Waals surface area contributed by atoms with Crippen molar-refractivity contribution in [3.05, 3.63) is 53.6 Å². The second-order valence-electron chi connectivity index (χ2n) is 4.90. The van der Waals surface area contributed by atoms with Gasteiger partial charge in [0.15, 0.2) is 0 Å². The third-order valence-corrected chi connectivity index (χ3v) is 4.96. The van der Waals surface area contributed by atoms with Crippen LogP contribution >= 0.6 is 20.3 Å². The molecule has 0 aliphatic rings. The Morgan fingerprint density at radius 2 is 2.14 bits per heavy atom. The van der Waals surface area contributed by atoms with Crippen LogP contribution in [0.2, 0.25) is 0 Å². The van der Waals surface area contributed by atoms with Crippen LogP contribution in [0.25, 0.3) is 0 Å². The number of thioether (sulfide) groups is 1. The highest BCUT2D eigenvalue weighted by atomic mass is 32.2. The number of benzene rings is 1. The van der Waals surface area contributed by atoms with Crippen LogP contribution < -0.4 is 5.30 Å². The van der Waals surface area contributed by atoms with E-state index in [1.165, 1.54) is 10.9 Å². The van der Waals surface area contributed by atoms with E-state index in [4.69, 9.17) is 4.74 Å². The molecule has 2 nitrogen and oxygen atoms in total. The molecule has 0 bridgehead atoms. The first-order chi connectivity index (χ1) is 10.0. The second kappa shape index (κ2) is 9.19. The Labute approximate surface area is 134 Å². The summed E-state index contributed by atoms with van der Waals surface area (Å²) < 4.78 is 6.10. The van der Waals surface area contributed by atoms with Gasteiger partial charge in [-0.05, 0) is 44.2 Å². The zero-order valence-electron chi connectivity index (χ0n) is 13.1. The fourth-order valence-corrected chi connectivity index (χ4v) is 3.57. The van der Waals surface area contributed by atoms with Crippen LogP contribution in [0.5, 0.6) is 0 Å². The van der Waals surface area contributed by atoms with E-state index in [1.54, 1.807) is 17.8 Å². The molecule has 0 saturated heterocycles. The summed E-state index contributed by atoms with van der Waals surface area (Å²) in [5.41, 5.74) is 1.00. The monoisotopic (exact) mass is 321 g/mol. The zero-order chi connectivity index (χ0) is 15.7. The summed E-state index contributed by atoms with van der Waals surface area (Å²) in [6.07, 6.45) is 3.58. The van der Waals surface area contributed by atoms with Crippen molar-refractivity contribution in [3.63, 3.8) is 0 Å². The zero-order valence-corrected chi connectivity index (χ0v) is 14.9. The molecule has 1 unspecified atom stereocenters. The van der Waals surface area contributed by atoms with E-state index in [1.807, 2.05) is 6.08 Å². The highest BCUT2D eigenvalue weighted by molar-refractivity contribution is 8.03. The summed E-state index contributed by atoms with van der Waals surface area (Å²) in [5.74, 6) is 0.846. The van der Waals surface area contributed by atoms with Crippen molar-refractivity contribution in [2.75, 3.05) is 19.0 Å². The molecule has 0 amide bonds. The van der Waals surface area contributed by atoms with Crippen molar-refractivity contribution in [2.24, 2.45) is 4.99 Å². The summed E-state index contributed by atoms with van der Waals surface area (Å²) in [4.78, 5) is 3.95. The van der Waals surface area contributed by atoms with Crippen LogP contribution in [0.15, 0.2) is 53.0 Å². The molecule has 1 rings (SSSR count). The number of rotatable bonds is 9. The lowest BCUT2D eigenvalue weighted by molar-refractivity contribution is -0.0116. The minimum atomic E-state index is -0.274. The standard InChI is InChI=1S/C17H24NOPS/c1-6-9-16(18-4)21-13-12-19-17(2,3)14-10-7-8-11-15(14)20-5/h6-11,20H,1,4,12-13H2,2-3,5H3/b16-9+. The lowest BCUT2D eigenvalue weighted by Crippen LogP contribution is -2.27. The molecule has 1 aromatic carbocycles. The van der Waals surface area contributed by atoms with Crippen molar-refractivity contribution in [3.8, 4) is 0 Å². The second-order valence-corrected chi connectivity index (χ2v) is 7.06. The van der Waals surface area contributed by atoms with Gasteiger partial charge in [-0.25, -0.2) is 0 Å².